The van der Waals surface area contributed by atoms with Crippen LogP contribution in [0.4, 0.5) is 16.2 Å². The summed E-state index contributed by atoms with van der Waals surface area (Å²) in [4.78, 5) is 41.3. The van der Waals surface area contributed by atoms with Gasteiger partial charge in [0.25, 0.3) is 11.8 Å². The molecule has 4 amide bonds. The number of carbonyl (C=O) groups is 3. The molecule has 6 nitrogen and oxygen atoms in total. The van der Waals surface area contributed by atoms with Crippen LogP contribution in [-0.2, 0) is 9.59 Å². The molecule has 1 fully saturated rings. The second-order valence-electron chi connectivity index (χ2n) is 8.55. The maximum Gasteiger partial charge on any atom is 0.335 e. The molecule has 1 N–H and O–H groups in total. The molecule has 0 atom stereocenters. The Morgan fingerprint density at radius 3 is 2.48 bits per heavy atom. The number of carbonyl (C=O) groups excluding carboxylic acids is 3. The number of barbiturate groups is 1. The summed E-state index contributed by atoms with van der Waals surface area (Å²) in [5.41, 5.74) is 3.44. The standard InChI is InChI=1S/C25H23Cl2N3O3/c1-5-29-21-12-20(27)15(9-18(21)14(2)13-25(29,3)4)10-19-22(31)28-24(33)30(23(19)32)17-8-6-7-16(26)11-17/h6-13H,5H2,1-4H3,(H,28,31,33)/b19-10-. The fourth-order valence-corrected chi connectivity index (χ4v) is 4.86. The van der Waals surface area contributed by atoms with E-state index >= 15 is 0 Å². The van der Waals surface area contributed by atoms with E-state index in [0.29, 0.717) is 15.6 Å². The van der Waals surface area contributed by atoms with Crippen molar-refractivity contribution in [1.29, 1.82) is 0 Å². The molecule has 0 aromatic heterocycles. The molecule has 2 aromatic rings. The van der Waals surface area contributed by atoms with Crippen molar-refractivity contribution >= 4 is 64.1 Å². The summed E-state index contributed by atoms with van der Waals surface area (Å²) >= 11 is 12.6. The van der Waals surface area contributed by atoms with Crippen LogP contribution in [0.25, 0.3) is 11.6 Å². The molecule has 0 radical (unpaired) electrons. The van der Waals surface area contributed by atoms with E-state index in [4.69, 9.17) is 23.2 Å². The lowest BCUT2D eigenvalue weighted by atomic mass is 9.87. The molecule has 33 heavy (non-hydrogen) atoms. The Balaban J connectivity index is 1.80. The molecule has 170 valence electrons. The van der Waals surface area contributed by atoms with E-state index in [2.05, 4.69) is 37.1 Å². The first kappa shape index (κ1) is 23.1. The maximum atomic E-state index is 13.2. The second kappa shape index (κ2) is 8.36. The van der Waals surface area contributed by atoms with Gasteiger partial charge in [-0.2, -0.15) is 0 Å². The highest BCUT2D eigenvalue weighted by Gasteiger charge is 2.37. The van der Waals surface area contributed by atoms with Crippen molar-refractivity contribution in [3.63, 3.8) is 0 Å². The number of anilines is 2. The summed E-state index contributed by atoms with van der Waals surface area (Å²) in [5.74, 6) is -1.52. The number of imide groups is 2. The number of nitrogens with zero attached hydrogens (tertiary/aromatic N) is 2. The van der Waals surface area contributed by atoms with Crippen molar-refractivity contribution in [3.05, 3.63) is 69.2 Å². The largest absolute Gasteiger partial charge is 0.363 e. The summed E-state index contributed by atoms with van der Waals surface area (Å²) in [6.45, 7) is 9.17. The highest BCUT2D eigenvalue weighted by atomic mass is 35.5. The number of hydrogen-bond donors (Lipinski definition) is 1. The molecular weight excluding hydrogens is 461 g/mol. The lowest BCUT2D eigenvalue weighted by Gasteiger charge is -2.43. The van der Waals surface area contributed by atoms with Gasteiger partial charge in [0.05, 0.1) is 11.2 Å². The first-order chi connectivity index (χ1) is 15.5. The van der Waals surface area contributed by atoms with E-state index in [1.54, 1.807) is 18.2 Å². The third-order valence-electron chi connectivity index (χ3n) is 5.88. The Labute approximate surface area is 202 Å². The van der Waals surface area contributed by atoms with E-state index in [-0.39, 0.29) is 16.8 Å². The predicted octanol–water partition coefficient (Wildman–Crippen LogP) is 5.68. The van der Waals surface area contributed by atoms with Crippen molar-refractivity contribution in [2.45, 2.75) is 33.2 Å². The van der Waals surface area contributed by atoms with Crippen LogP contribution in [-0.4, -0.2) is 29.9 Å². The Morgan fingerprint density at radius 1 is 1.09 bits per heavy atom. The van der Waals surface area contributed by atoms with Gasteiger partial charge in [0.15, 0.2) is 0 Å². The molecular formula is C25H23Cl2N3O3. The van der Waals surface area contributed by atoms with Crippen LogP contribution in [0.5, 0.6) is 0 Å². The van der Waals surface area contributed by atoms with Crippen LogP contribution in [0.1, 0.15) is 38.8 Å². The number of likely N-dealkylation sites (N-methyl/N-ethyl adjacent to an activating group) is 1. The van der Waals surface area contributed by atoms with Crippen molar-refractivity contribution in [2.75, 3.05) is 16.3 Å². The maximum absolute atomic E-state index is 13.2. The van der Waals surface area contributed by atoms with Gasteiger partial charge >= 0.3 is 6.03 Å². The number of amides is 4. The number of halogens is 2. The van der Waals surface area contributed by atoms with E-state index in [9.17, 15) is 14.4 Å². The molecule has 0 bridgehead atoms. The van der Waals surface area contributed by atoms with Gasteiger partial charge in [-0.05, 0) is 75.2 Å². The summed E-state index contributed by atoms with van der Waals surface area (Å²) in [7, 11) is 0. The third kappa shape index (κ3) is 4.05. The fraction of sp³-hybridized carbons (Fsp3) is 0.240. The zero-order chi connectivity index (χ0) is 24.1. The SMILES string of the molecule is CCN1c2cc(Cl)c(/C=C3/C(=O)NC(=O)N(c4cccc(Cl)c4)C3=O)cc2C(C)=CC1(C)C. The lowest BCUT2D eigenvalue weighted by Crippen LogP contribution is -2.54. The quantitative estimate of drug-likeness (QED) is 0.450. The number of urea groups is 1. The highest BCUT2D eigenvalue weighted by Crippen LogP contribution is 2.41. The summed E-state index contributed by atoms with van der Waals surface area (Å²) in [6, 6.07) is 9.19. The minimum absolute atomic E-state index is 0.174. The average Bonchev–Trinajstić information content (AvgIpc) is 2.71. The van der Waals surface area contributed by atoms with Gasteiger partial charge in [0, 0.05) is 27.8 Å². The zero-order valence-corrected chi connectivity index (χ0v) is 20.2. The molecule has 4 rings (SSSR count). The number of allylic oxidation sites excluding steroid dienone is 1. The van der Waals surface area contributed by atoms with Crippen molar-refractivity contribution < 1.29 is 14.4 Å². The molecule has 2 heterocycles. The van der Waals surface area contributed by atoms with Gasteiger partial charge < -0.3 is 4.90 Å². The van der Waals surface area contributed by atoms with Gasteiger partial charge in [0.1, 0.15) is 5.57 Å². The lowest BCUT2D eigenvalue weighted by molar-refractivity contribution is -0.122. The van der Waals surface area contributed by atoms with Crippen molar-refractivity contribution in [2.24, 2.45) is 0 Å². The first-order valence-corrected chi connectivity index (χ1v) is 11.3. The van der Waals surface area contributed by atoms with Crippen LogP contribution in [0.3, 0.4) is 0 Å². The third-order valence-corrected chi connectivity index (χ3v) is 6.44. The first-order valence-electron chi connectivity index (χ1n) is 10.5. The Kier molecular flexibility index (Phi) is 5.85. The second-order valence-corrected chi connectivity index (χ2v) is 9.40. The zero-order valence-electron chi connectivity index (χ0n) is 18.7. The van der Waals surface area contributed by atoms with E-state index in [1.165, 1.54) is 12.1 Å². The molecule has 1 saturated heterocycles. The van der Waals surface area contributed by atoms with Gasteiger partial charge in [-0.3, -0.25) is 14.9 Å². The summed E-state index contributed by atoms with van der Waals surface area (Å²) < 4.78 is 0. The fourth-order valence-electron chi connectivity index (χ4n) is 4.47. The van der Waals surface area contributed by atoms with Crippen molar-refractivity contribution in [1.82, 2.24) is 5.32 Å². The minimum atomic E-state index is -0.833. The monoisotopic (exact) mass is 483 g/mol. The molecule has 8 heteroatoms. The minimum Gasteiger partial charge on any atom is -0.363 e. The molecule has 0 spiro atoms. The molecule has 0 saturated carbocycles. The number of hydrogen-bond acceptors (Lipinski definition) is 4. The number of nitrogens with one attached hydrogen (secondary N) is 1. The normalized spacial score (nSPS) is 18.9. The smallest absolute Gasteiger partial charge is 0.335 e. The predicted molar refractivity (Wildman–Crippen MR) is 133 cm³/mol. The molecule has 2 aliphatic heterocycles. The number of rotatable bonds is 3. The summed E-state index contributed by atoms with van der Waals surface area (Å²) in [6.07, 6.45) is 3.61. The Bertz CT molecular complexity index is 1260. The van der Waals surface area contributed by atoms with Gasteiger partial charge in [-0.15, -0.1) is 0 Å². The van der Waals surface area contributed by atoms with Crippen molar-refractivity contribution in [3.8, 4) is 0 Å². The molecule has 0 aliphatic carbocycles. The highest BCUT2D eigenvalue weighted by molar-refractivity contribution is 6.40. The molecule has 2 aromatic carbocycles. The molecule has 0 unspecified atom stereocenters. The van der Waals surface area contributed by atoms with Crippen LogP contribution in [0.2, 0.25) is 10.0 Å². The van der Waals surface area contributed by atoms with Crippen LogP contribution < -0.4 is 15.1 Å². The average molecular weight is 484 g/mol. The van der Waals surface area contributed by atoms with Gasteiger partial charge in [-0.1, -0.05) is 35.3 Å². The van der Waals surface area contributed by atoms with Crippen LogP contribution in [0, 0.1) is 0 Å². The van der Waals surface area contributed by atoms with Crippen LogP contribution in [0.15, 0.2) is 48.0 Å². The van der Waals surface area contributed by atoms with E-state index in [0.717, 1.165) is 28.3 Å². The molecule has 2 aliphatic rings. The van der Waals surface area contributed by atoms with Crippen LogP contribution >= 0.6 is 23.2 Å². The number of fused-ring (bicyclic) bond motifs is 1. The van der Waals surface area contributed by atoms with Gasteiger partial charge in [-0.25, -0.2) is 9.69 Å². The summed E-state index contributed by atoms with van der Waals surface area (Å²) in [5, 5.41) is 2.98. The Morgan fingerprint density at radius 2 is 1.82 bits per heavy atom. The Hall–Kier alpha value is -3.09. The van der Waals surface area contributed by atoms with E-state index < -0.39 is 17.8 Å². The van der Waals surface area contributed by atoms with Gasteiger partial charge in [0.2, 0.25) is 0 Å². The topological polar surface area (TPSA) is 69.7 Å². The van der Waals surface area contributed by atoms with E-state index in [1.807, 2.05) is 19.1 Å². The number of benzene rings is 2.